The summed E-state index contributed by atoms with van der Waals surface area (Å²) in [7, 11) is 0. The van der Waals surface area contributed by atoms with Gasteiger partial charge in [0.1, 0.15) is 17.9 Å². The molecule has 1 atom stereocenters. The van der Waals surface area contributed by atoms with E-state index in [4.69, 9.17) is 9.47 Å². The third-order valence-corrected chi connectivity index (χ3v) is 9.52. The second kappa shape index (κ2) is 13.2. The minimum Gasteiger partial charge on any atom is -0.505 e. The van der Waals surface area contributed by atoms with Crippen LogP contribution < -0.4 is 14.4 Å². The molecule has 1 N–H and O–H groups in total. The van der Waals surface area contributed by atoms with Gasteiger partial charge < -0.3 is 14.6 Å². The number of amides is 1. The number of ether oxygens (including phenoxy) is 2. The van der Waals surface area contributed by atoms with E-state index in [0.717, 1.165) is 5.56 Å². The molecule has 1 amide bonds. The Labute approximate surface area is 274 Å². The summed E-state index contributed by atoms with van der Waals surface area (Å²) in [6.07, 6.45) is 3.37. The molecule has 3 aromatic heterocycles. The molecule has 12 heteroatoms. The van der Waals surface area contributed by atoms with E-state index in [1.165, 1.54) is 33.6 Å². The van der Waals surface area contributed by atoms with Crippen molar-refractivity contribution in [2.75, 3.05) is 18.1 Å². The molecule has 0 aliphatic carbocycles. The summed E-state index contributed by atoms with van der Waals surface area (Å²) in [5.41, 5.74) is 4.14. The summed E-state index contributed by atoms with van der Waals surface area (Å²) in [6, 6.07) is 17.8. The summed E-state index contributed by atoms with van der Waals surface area (Å²) in [4.78, 5) is 33.6. The number of benzene rings is 2. The first kappa shape index (κ1) is 31.1. The maximum atomic E-state index is 13.9. The highest BCUT2D eigenvalue weighted by Crippen LogP contribution is 2.46. The highest BCUT2D eigenvalue weighted by molar-refractivity contribution is 8.00. The average Bonchev–Trinajstić information content (AvgIpc) is 3.73. The van der Waals surface area contributed by atoms with Gasteiger partial charge in [0.2, 0.25) is 5.13 Å². The number of carbonyl (C=O) groups excluding carboxylic acids is 2. The molecule has 1 aliphatic heterocycles. The number of thioether (sulfide) groups is 1. The van der Waals surface area contributed by atoms with E-state index < -0.39 is 17.7 Å². The van der Waals surface area contributed by atoms with Gasteiger partial charge in [-0.2, -0.15) is 0 Å². The Balaban J connectivity index is 1.46. The third kappa shape index (κ3) is 5.88. The number of anilines is 1. The largest absolute Gasteiger partial charge is 0.505 e. The fourth-order valence-electron chi connectivity index (χ4n) is 5.29. The first-order valence-corrected chi connectivity index (χ1v) is 16.4. The van der Waals surface area contributed by atoms with Gasteiger partial charge in [0, 0.05) is 11.9 Å². The third-order valence-electron chi connectivity index (χ3n) is 7.40. The van der Waals surface area contributed by atoms with Crippen molar-refractivity contribution in [3.05, 3.63) is 113 Å². The standard InChI is InChI=1S/C34H31N5O5S2/c1-5-17-44-24-15-14-23(18-25(24)43-6-2)29-27(30(40)28-21(4)35-26-9-7-8-16-38(26)28)31(41)32(42)39(29)33-36-37-34(46-33)45-19-22-12-10-20(3)11-13-22/h5,7-16,18,29,40H,1,6,17,19H2,2-4H3. The number of hydrogen-bond donors (Lipinski definition) is 1. The predicted molar refractivity (Wildman–Crippen MR) is 179 cm³/mol. The molecule has 6 rings (SSSR count). The van der Waals surface area contributed by atoms with Crippen molar-refractivity contribution >= 4 is 51.3 Å². The lowest BCUT2D eigenvalue weighted by atomic mass is 9.96. The molecular weight excluding hydrogens is 623 g/mol. The van der Waals surface area contributed by atoms with Gasteiger partial charge in [-0.3, -0.25) is 18.9 Å². The second-order valence-corrected chi connectivity index (χ2v) is 12.7. The van der Waals surface area contributed by atoms with E-state index in [0.29, 0.717) is 50.8 Å². The van der Waals surface area contributed by atoms with Gasteiger partial charge in [0.15, 0.2) is 21.6 Å². The van der Waals surface area contributed by atoms with Crippen LogP contribution in [-0.2, 0) is 15.3 Å². The van der Waals surface area contributed by atoms with Crippen LogP contribution in [0.5, 0.6) is 11.5 Å². The van der Waals surface area contributed by atoms with E-state index in [-0.39, 0.29) is 23.1 Å². The number of hydrogen-bond acceptors (Lipinski definition) is 10. The molecule has 1 aliphatic rings. The quantitative estimate of drug-likeness (QED) is 0.0416. The highest BCUT2D eigenvalue weighted by atomic mass is 32.2. The van der Waals surface area contributed by atoms with Crippen LogP contribution in [-0.4, -0.2) is 49.6 Å². The van der Waals surface area contributed by atoms with Gasteiger partial charge in [-0.05, 0) is 56.2 Å². The van der Waals surface area contributed by atoms with Crippen LogP contribution in [0, 0.1) is 13.8 Å². The number of imidazole rings is 1. The van der Waals surface area contributed by atoms with E-state index >= 15 is 0 Å². The lowest BCUT2D eigenvalue weighted by Crippen LogP contribution is -2.29. The molecule has 1 saturated heterocycles. The number of aliphatic hydroxyl groups excluding tert-OH is 1. The summed E-state index contributed by atoms with van der Waals surface area (Å²) < 4.78 is 14.0. The molecule has 1 fully saturated rings. The molecule has 1 unspecified atom stereocenters. The van der Waals surface area contributed by atoms with Crippen molar-refractivity contribution in [2.45, 2.75) is 36.9 Å². The fourth-order valence-corrected chi connectivity index (χ4v) is 7.11. The molecule has 0 bridgehead atoms. The molecular formula is C34H31N5O5S2. The Morgan fingerprint density at radius 2 is 1.87 bits per heavy atom. The lowest BCUT2D eigenvalue weighted by Gasteiger charge is -2.23. The molecule has 0 spiro atoms. The van der Waals surface area contributed by atoms with Crippen LogP contribution in [0.15, 0.2) is 89.4 Å². The first-order chi connectivity index (χ1) is 22.3. The van der Waals surface area contributed by atoms with Crippen LogP contribution >= 0.6 is 23.1 Å². The van der Waals surface area contributed by atoms with Crippen molar-refractivity contribution in [3.8, 4) is 11.5 Å². The first-order valence-electron chi connectivity index (χ1n) is 14.6. The normalized spacial score (nSPS) is 15.9. The zero-order chi connectivity index (χ0) is 32.4. The number of Topliss-reactive ketones (excluding diaryl/α,β-unsaturated/α-hetero) is 1. The molecule has 0 saturated carbocycles. The zero-order valence-corrected chi connectivity index (χ0v) is 27.1. The smallest absolute Gasteiger partial charge is 0.301 e. The zero-order valence-electron chi connectivity index (χ0n) is 25.5. The number of aryl methyl sites for hydroxylation is 2. The van der Waals surface area contributed by atoms with Crippen molar-refractivity contribution in [1.29, 1.82) is 0 Å². The van der Waals surface area contributed by atoms with Gasteiger partial charge in [-0.25, -0.2) is 4.98 Å². The van der Waals surface area contributed by atoms with E-state index in [1.54, 1.807) is 53.9 Å². The van der Waals surface area contributed by atoms with Crippen LogP contribution in [0.25, 0.3) is 11.4 Å². The van der Waals surface area contributed by atoms with Gasteiger partial charge in [0.25, 0.3) is 5.78 Å². The Morgan fingerprint density at radius 1 is 1.07 bits per heavy atom. The topological polar surface area (TPSA) is 119 Å². The summed E-state index contributed by atoms with van der Waals surface area (Å²) in [5.74, 6) is -0.452. The molecule has 46 heavy (non-hydrogen) atoms. The minimum atomic E-state index is -1.04. The van der Waals surface area contributed by atoms with Crippen molar-refractivity contribution in [2.24, 2.45) is 0 Å². The Kier molecular flexibility index (Phi) is 8.91. The number of carbonyl (C=O) groups is 2. The van der Waals surface area contributed by atoms with Crippen LogP contribution in [0.4, 0.5) is 5.13 Å². The van der Waals surface area contributed by atoms with Gasteiger partial charge in [-0.1, -0.05) is 77.7 Å². The Morgan fingerprint density at radius 3 is 2.63 bits per heavy atom. The maximum Gasteiger partial charge on any atom is 0.301 e. The van der Waals surface area contributed by atoms with Gasteiger partial charge >= 0.3 is 5.91 Å². The number of ketones is 1. The average molecular weight is 654 g/mol. The van der Waals surface area contributed by atoms with Gasteiger partial charge in [-0.15, -0.1) is 10.2 Å². The minimum absolute atomic E-state index is 0.0926. The predicted octanol–water partition coefficient (Wildman–Crippen LogP) is 6.68. The fraction of sp³-hybridized carbons (Fsp3) is 0.206. The molecule has 4 heterocycles. The SMILES string of the molecule is C=CCOc1ccc(C2C(=C(O)c3c(C)nc4ccccn34)C(=O)C(=O)N2c2nnc(SCc3ccc(C)cc3)s2)cc1OCC. The highest BCUT2D eigenvalue weighted by Gasteiger charge is 2.49. The second-order valence-electron chi connectivity index (χ2n) is 10.5. The molecule has 5 aromatic rings. The lowest BCUT2D eigenvalue weighted by molar-refractivity contribution is -0.132. The van der Waals surface area contributed by atoms with E-state index in [9.17, 15) is 14.7 Å². The number of nitrogens with zero attached hydrogens (tertiary/aromatic N) is 5. The molecule has 234 valence electrons. The Bertz CT molecular complexity index is 1980. The Hall–Kier alpha value is -4.94. The van der Waals surface area contributed by atoms with Gasteiger partial charge in [0.05, 0.1) is 23.9 Å². The van der Waals surface area contributed by atoms with Crippen LogP contribution in [0.2, 0.25) is 0 Å². The monoisotopic (exact) mass is 653 g/mol. The number of aliphatic hydroxyl groups is 1. The summed E-state index contributed by atoms with van der Waals surface area (Å²) in [6.45, 7) is 9.95. The molecule has 2 aromatic carbocycles. The summed E-state index contributed by atoms with van der Waals surface area (Å²) >= 11 is 2.70. The van der Waals surface area contributed by atoms with E-state index in [2.05, 4.69) is 46.0 Å². The maximum absolute atomic E-state index is 13.9. The van der Waals surface area contributed by atoms with Crippen molar-refractivity contribution in [1.82, 2.24) is 19.6 Å². The van der Waals surface area contributed by atoms with E-state index in [1.807, 2.05) is 19.9 Å². The van der Waals surface area contributed by atoms with Crippen LogP contribution in [0.1, 0.15) is 41.0 Å². The molecule has 0 radical (unpaired) electrons. The summed E-state index contributed by atoms with van der Waals surface area (Å²) in [5, 5.41) is 20.8. The molecule has 10 nitrogen and oxygen atoms in total. The number of rotatable bonds is 11. The van der Waals surface area contributed by atoms with Crippen molar-refractivity contribution < 1.29 is 24.2 Å². The number of fused-ring (bicyclic) bond motifs is 1. The van der Waals surface area contributed by atoms with Crippen LogP contribution in [0.3, 0.4) is 0 Å². The van der Waals surface area contributed by atoms with Crippen molar-refractivity contribution in [3.63, 3.8) is 0 Å². The number of aromatic nitrogens is 4. The number of pyridine rings is 1.